The van der Waals surface area contributed by atoms with Crippen molar-refractivity contribution >= 4 is 5.97 Å². The summed E-state index contributed by atoms with van der Waals surface area (Å²) in [7, 11) is 0.839. The predicted molar refractivity (Wildman–Crippen MR) is 53.4 cm³/mol. The first-order valence-corrected chi connectivity index (χ1v) is 4.89. The summed E-state index contributed by atoms with van der Waals surface area (Å²) < 4.78 is 67.6. The van der Waals surface area contributed by atoms with Crippen LogP contribution in [0.3, 0.4) is 0 Å². The molecule has 0 radical (unpaired) electrons. The van der Waals surface area contributed by atoms with Crippen molar-refractivity contribution in [1.29, 1.82) is 0 Å². The van der Waals surface area contributed by atoms with Gasteiger partial charge in [0.2, 0.25) is 0 Å². The Labute approximate surface area is 104 Å². The topological polar surface area (TPSA) is 65.2 Å². The van der Waals surface area contributed by atoms with Gasteiger partial charge in [-0.15, -0.1) is 0 Å². The van der Waals surface area contributed by atoms with Crippen LogP contribution in [0.4, 0.5) is 22.0 Å². The molecule has 0 unspecified atom stereocenters. The zero-order valence-corrected chi connectivity index (χ0v) is 9.59. The molecular formula is C10H9F5N2O2. The van der Waals surface area contributed by atoms with Gasteiger partial charge < -0.3 is 10.5 Å². The lowest BCUT2D eigenvalue weighted by Gasteiger charge is -2.16. The molecule has 0 atom stereocenters. The molecule has 0 fully saturated rings. The van der Waals surface area contributed by atoms with E-state index >= 15 is 0 Å². The summed E-state index contributed by atoms with van der Waals surface area (Å²) in [5.74, 6) is -1.39. The van der Waals surface area contributed by atoms with Crippen LogP contribution in [-0.2, 0) is 17.5 Å². The Bertz CT molecular complexity index is 488. The average Bonchev–Trinajstić information content (AvgIpc) is 2.34. The molecule has 1 aromatic heterocycles. The van der Waals surface area contributed by atoms with Crippen molar-refractivity contribution < 1.29 is 31.5 Å². The number of rotatable bonds is 3. The SMILES string of the molecule is COC(=O)c1c(C(F)(F)F)cnc(C(F)F)c1CN. The highest BCUT2D eigenvalue weighted by Gasteiger charge is 2.39. The molecule has 0 amide bonds. The van der Waals surface area contributed by atoms with Crippen molar-refractivity contribution in [2.24, 2.45) is 5.73 Å². The Hall–Kier alpha value is -1.77. The number of carbonyl (C=O) groups is 1. The van der Waals surface area contributed by atoms with Gasteiger partial charge in [0.15, 0.2) is 0 Å². The number of nitrogens with zero attached hydrogens (tertiary/aromatic N) is 1. The standard InChI is InChI=1S/C10H9F5N2O2/c1-19-9(18)6-4(2-16)7(8(11)12)17-3-5(6)10(13,14)15/h3,8H,2,16H2,1H3. The second kappa shape index (κ2) is 5.47. The maximum absolute atomic E-state index is 12.7. The number of hydrogen-bond acceptors (Lipinski definition) is 4. The van der Waals surface area contributed by atoms with Crippen LogP contribution in [0.15, 0.2) is 6.20 Å². The summed E-state index contributed by atoms with van der Waals surface area (Å²) in [6.45, 7) is -0.693. The number of nitrogens with two attached hydrogens (primary N) is 1. The highest BCUT2D eigenvalue weighted by molar-refractivity contribution is 5.93. The molecule has 0 aliphatic carbocycles. The fourth-order valence-corrected chi connectivity index (χ4v) is 1.51. The lowest BCUT2D eigenvalue weighted by molar-refractivity contribution is -0.138. The second-order valence-corrected chi connectivity index (χ2v) is 3.40. The van der Waals surface area contributed by atoms with Gasteiger partial charge in [-0.3, -0.25) is 4.98 Å². The van der Waals surface area contributed by atoms with E-state index in [0.717, 1.165) is 7.11 Å². The first-order valence-electron chi connectivity index (χ1n) is 4.89. The molecule has 0 aromatic carbocycles. The Morgan fingerprint density at radius 1 is 1.47 bits per heavy atom. The van der Waals surface area contributed by atoms with Crippen molar-refractivity contribution in [3.05, 3.63) is 28.6 Å². The number of ether oxygens (including phenoxy) is 1. The summed E-state index contributed by atoms with van der Waals surface area (Å²) in [4.78, 5) is 14.4. The van der Waals surface area contributed by atoms with E-state index in [9.17, 15) is 26.7 Å². The number of carbonyl (C=O) groups excluding carboxylic acids is 1. The van der Waals surface area contributed by atoms with Gasteiger partial charge in [-0.1, -0.05) is 0 Å². The van der Waals surface area contributed by atoms with Gasteiger partial charge in [0, 0.05) is 18.3 Å². The largest absolute Gasteiger partial charge is 0.465 e. The number of pyridine rings is 1. The van der Waals surface area contributed by atoms with E-state index in [0.29, 0.717) is 0 Å². The molecular weight excluding hydrogens is 275 g/mol. The molecule has 4 nitrogen and oxygen atoms in total. The zero-order valence-electron chi connectivity index (χ0n) is 9.59. The van der Waals surface area contributed by atoms with Crippen LogP contribution < -0.4 is 5.73 Å². The summed E-state index contributed by atoms with van der Waals surface area (Å²) in [5.41, 5.74) is 1.03. The van der Waals surface area contributed by atoms with Gasteiger partial charge in [-0.05, 0) is 0 Å². The predicted octanol–water partition coefficient (Wildman–Crippen LogP) is 2.28. The lowest BCUT2D eigenvalue weighted by Crippen LogP contribution is -2.21. The minimum Gasteiger partial charge on any atom is -0.465 e. The molecule has 0 aliphatic rings. The fraction of sp³-hybridized carbons (Fsp3) is 0.400. The second-order valence-electron chi connectivity index (χ2n) is 3.40. The molecule has 0 saturated carbocycles. The Morgan fingerprint density at radius 2 is 2.05 bits per heavy atom. The molecule has 0 aliphatic heterocycles. The molecule has 1 heterocycles. The van der Waals surface area contributed by atoms with Gasteiger partial charge >= 0.3 is 12.1 Å². The first kappa shape index (κ1) is 15.3. The van der Waals surface area contributed by atoms with Gasteiger partial charge in [0.05, 0.1) is 18.2 Å². The number of hydrogen-bond donors (Lipinski definition) is 1. The third kappa shape index (κ3) is 2.98. The van der Waals surface area contributed by atoms with E-state index in [4.69, 9.17) is 5.73 Å². The maximum atomic E-state index is 12.7. The minimum absolute atomic E-state index is 0.174. The first-order chi connectivity index (χ1) is 8.73. The number of alkyl halides is 5. The fourth-order valence-electron chi connectivity index (χ4n) is 1.51. The van der Waals surface area contributed by atoms with Crippen LogP contribution in [0.25, 0.3) is 0 Å². The van der Waals surface area contributed by atoms with Crippen molar-refractivity contribution in [3.8, 4) is 0 Å². The summed E-state index contributed by atoms with van der Waals surface area (Å²) >= 11 is 0. The van der Waals surface area contributed by atoms with E-state index < -0.39 is 47.5 Å². The molecule has 19 heavy (non-hydrogen) atoms. The van der Waals surface area contributed by atoms with Crippen LogP contribution in [0.1, 0.15) is 33.6 Å². The summed E-state index contributed by atoms with van der Waals surface area (Å²) in [6.07, 6.45) is -7.90. The summed E-state index contributed by atoms with van der Waals surface area (Å²) in [5, 5.41) is 0. The molecule has 1 rings (SSSR count). The third-order valence-electron chi connectivity index (χ3n) is 2.32. The van der Waals surface area contributed by atoms with Crippen LogP contribution in [0, 0.1) is 0 Å². The van der Waals surface area contributed by atoms with E-state index in [1.165, 1.54) is 0 Å². The van der Waals surface area contributed by atoms with E-state index in [-0.39, 0.29) is 6.20 Å². The van der Waals surface area contributed by atoms with Crippen molar-refractivity contribution in [1.82, 2.24) is 4.98 Å². The molecule has 0 saturated heterocycles. The highest BCUT2D eigenvalue weighted by atomic mass is 19.4. The van der Waals surface area contributed by atoms with Crippen molar-refractivity contribution in [3.63, 3.8) is 0 Å². The smallest absolute Gasteiger partial charge is 0.418 e. The quantitative estimate of drug-likeness (QED) is 0.683. The lowest BCUT2D eigenvalue weighted by atomic mass is 10.0. The normalized spacial score (nSPS) is 11.8. The molecule has 2 N–H and O–H groups in total. The van der Waals surface area contributed by atoms with E-state index in [1.807, 2.05) is 0 Å². The number of esters is 1. The summed E-state index contributed by atoms with van der Waals surface area (Å²) in [6, 6.07) is 0. The molecule has 0 bridgehead atoms. The van der Waals surface area contributed by atoms with Crippen LogP contribution in [-0.4, -0.2) is 18.1 Å². The minimum atomic E-state index is -4.93. The number of halogens is 5. The zero-order chi connectivity index (χ0) is 14.8. The van der Waals surface area contributed by atoms with Gasteiger partial charge in [0.25, 0.3) is 6.43 Å². The monoisotopic (exact) mass is 284 g/mol. The van der Waals surface area contributed by atoms with E-state index in [2.05, 4.69) is 9.72 Å². The van der Waals surface area contributed by atoms with Gasteiger partial charge in [-0.2, -0.15) is 13.2 Å². The average molecular weight is 284 g/mol. The Morgan fingerprint density at radius 3 is 2.42 bits per heavy atom. The van der Waals surface area contributed by atoms with Crippen molar-refractivity contribution in [2.75, 3.05) is 7.11 Å². The molecule has 0 spiro atoms. The Kier molecular flexibility index (Phi) is 4.40. The maximum Gasteiger partial charge on any atom is 0.418 e. The van der Waals surface area contributed by atoms with Crippen LogP contribution in [0.5, 0.6) is 0 Å². The molecule has 106 valence electrons. The third-order valence-corrected chi connectivity index (χ3v) is 2.32. The molecule has 9 heteroatoms. The van der Waals surface area contributed by atoms with Gasteiger partial charge in [0.1, 0.15) is 5.69 Å². The number of methoxy groups -OCH3 is 1. The Balaban J connectivity index is 3.65. The van der Waals surface area contributed by atoms with Gasteiger partial charge in [-0.25, -0.2) is 13.6 Å². The van der Waals surface area contributed by atoms with Crippen LogP contribution in [0.2, 0.25) is 0 Å². The number of aromatic nitrogens is 1. The highest BCUT2D eigenvalue weighted by Crippen LogP contribution is 2.35. The van der Waals surface area contributed by atoms with Crippen LogP contribution >= 0.6 is 0 Å². The molecule has 1 aromatic rings. The van der Waals surface area contributed by atoms with Crippen molar-refractivity contribution in [2.45, 2.75) is 19.1 Å². The van der Waals surface area contributed by atoms with E-state index in [1.54, 1.807) is 0 Å².